The zero-order chi connectivity index (χ0) is 21.3. The van der Waals surface area contributed by atoms with Crippen LogP contribution < -0.4 is 10.6 Å². The van der Waals surface area contributed by atoms with Crippen LogP contribution in [0.2, 0.25) is 0 Å². The van der Waals surface area contributed by atoms with Gasteiger partial charge in [-0.05, 0) is 41.7 Å². The second kappa shape index (κ2) is 10.2. The first-order valence-corrected chi connectivity index (χ1v) is 9.59. The summed E-state index contributed by atoms with van der Waals surface area (Å²) in [4.78, 5) is 27.4. The van der Waals surface area contributed by atoms with Crippen molar-refractivity contribution in [3.05, 3.63) is 78.0 Å². The first kappa shape index (κ1) is 21.0. The summed E-state index contributed by atoms with van der Waals surface area (Å²) in [6, 6.07) is 18.6. The third-order valence-electron chi connectivity index (χ3n) is 4.55. The molecule has 4 N–H and O–H groups in total. The average Bonchev–Trinajstić information content (AvgIpc) is 2.75. The number of pyridine rings is 1. The summed E-state index contributed by atoms with van der Waals surface area (Å²) in [5.41, 5.74) is 3.86. The van der Waals surface area contributed by atoms with Gasteiger partial charge in [0.1, 0.15) is 5.82 Å². The summed E-state index contributed by atoms with van der Waals surface area (Å²) >= 11 is 0. The minimum Gasteiger partial charge on any atom is -0.465 e. The van der Waals surface area contributed by atoms with Crippen LogP contribution in [0, 0.1) is 0 Å². The van der Waals surface area contributed by atoms with Gasteiger partial charge in [-0.2, -0.15) is 0 Å². The van der Waals surface area contributed by atoms with Gasteiger partial charge in [0.05, 0.1) is 12.3 Å². The van der Waals surface area contributed by atoms with E-state index in [0.717, 1.165) is 16.7 Å². The summed E-state index contributed by atoms with van der Waals surface area (Å²) in [6.45, 7) is -0.0942. The Kier molecular flexibility index (Phi) is 7.13. The number of hydrogen-bond donors (Lipinski definition) is 4. The molecule has 0 aliphatic heterocycles. The number of anilines is 2. The molecule has 1 aromatic heterocycles. The molecule has 0 unspecified atom stereocenters. The second-order valence-corrected chi connectivity index (χ2v) is 6.79. The maximum Gasteiger partial charge on any atom is 0.409 e. The molecule has 154 valence electrons. The Bertz CT molecular complexity index is 1000. The quantitative estimate of drug-likeness (QED) is 0.447. The lowest BCUT2D eigenvalue weighted by molar-refractivity contribution is -0.116. The smallest absolute Gasteiger partial charge is 0.409 e. The molecule has 7 heteroatoms. The minimum absolute atomic E-state index is 0.0942. The highest BCUT2D eigenvalue weighted by molar-refractivity contribution is 5.91. The molecule has 3 rings (SSSR count). The van der Waals surface area contributed by atoms with Crippen LogP contribution in [0.25, 0.3) is 11.1 Å². The van der Waals surface area contributed by atoms with Crippen LogP contribution in [0.4, 0.5) is 16.3 Å². The van der Waals surface area contributed by atoms with Crippen molar-refractivity contribution < 1.29 is 19.8 Å². The standard InChI is InChI=1S/C23H23N3O4/c27-15-17-10-12-21(24-14-17)26-22(28)8-4-5-16-9-11-19(18-6-2-1-3-7-18)20(13-16)25-23(29)30/h1-3,6-7,9-14,25,27H,4-5,8,15H2,(H,29,30)(H,24,26,28). The molecule has 0 aliphatic carbocycles. The van der Waals surface area contributed by atoms with Gasteiger partial charge in [0.2, 0.25) is 5.91 Å². The third-order valence-corrected chi connectivity index (χ3v) is 4.55. The molecule has 0 radical (unpaired) electrons. The number of carbonyl (C=O) groups is 2. The Labute approximate surface area is 174 Å². The van der Waals surface area contributed by atoms with Gasteiger partial charge < -0.3 is 15.5 Å². The van der Waals surface area contributed by atoms with Crippen molar-refractivity contribution in [2.24, 2.45) is 0 Å². The molecular formula is C23H23N3O4. The normalized spacial score (nSPS) is 10.4. The number of benzene rings is 2. The van der Waals surface area contributed by atoms with Crippen molar-refractivity contribution in [3.8, 4) is 11.1 Å². The number of aliphatic hydroxyl groups is 1. The van der Waals surface area contributed by atoms with E-state index in [1.807, 2.05) is 48.5 Å². The molecular weight excluding hydrogens is 382 g/mol. The van der Waals surface area contributed by atoms with E-state index in [-0.39, 0.29) is 12.5 Å². The molecule has 1 heterocycles. The predicted octanol–water partition coefficient (Wildman–Crippen LogP) is 4.29. The van der Waals surface area contributed by atoms with E-state index in [1.165, 1.54) is 6.20 Å². The molecule has 0 bridgehead atoms. The van der Waals surface area contributed by atoms with E-state index in [4.69, 9.17) is 10.2 Å². The van der Waals surface area contributed by atoms with Crippen LogP contribution in [-0.2, 0) is 17.8 Å². The van der Waals surface area contributed by atoms with Crippen molar-refractivity contribution in [1.29, 1.82) is 0 Å². The molecule has 30 heavy (non-hydrogen) atoms. The number of nitrogens with one attached hydrogen (secondary N) is 2. The number of nitrogens with zero attached hydrogens (tertiary/aromatic N) is 1. The van der Waals surface area contributed by atoms with Gasteiger partial charge >= 0.3 is 6.09 Å². The predicted molar refractivity (Wildman–Crippen MR) is 115 cm³/mol. The van der Waals surface area contributed by atoms with Gasteiger partial charge in [0.15, 0.2) is 0 Å². The van der Waals surface area contributed by atoms with Gasteiger partial charge in [0.25, 0.3) is 0 Å². The molecule has 0 atom stereocenters. The highest BCUT2D eigenvalue weighted by Gasteiger charge is 2.10. The van der Waals surface area contributed by atoms with Crippen LogP contribution in [-0.4, -0.2) is 27.2 Å². The Morgan fingerprint density at radius 3 is 2.37 bits per heavy atom. The van der Waals surface area contributed by atoms with Crippen LogP contribution in [0.1, 0.15) is 24.0 Å². The second-order valence-electron chi connectivity index (χ2n) is 6.79. The molecule has 0 spiro atoms. The number of carboxylic acid groups (broad SMARTS) is 1. The highest BCUT2D eigenvalue weighted by atomic mass is 16.4. The lowest BCUT2D eigenvalue weighted by atomic mass is 9.99. The number of carbonyl (C=O) groups excluding carboxylic acids is 1. The van der Waals surface area contributed by atoms with Crippen LogP contribution in [0.3, 0.4) is 0 Å². The first-order valence-electron chi connectivity index (χ1n) is 9.59. The van der Waals surface area contributed by atoms with E-state index in [2.05, 4.69) is 15.6 Å². The van der Waals surface area contributed by atoms with E-state index in [1.54, 1.807) is 12.1 Å². The van der Waals surface area contributed by atoms with E-state index >= 15 is 0 Å². The number of aliphatic hydroxyl groups excluding tert-OH is 1. The van der Waals surface area contributed by atoms with E-state index < -0.39 is 6.09 Å². The van der Waals surface area contributed by atoms with Gasteiger partial charge in [-0.25, -0.2) is 9.78 Å². The minimum atomic E-state index is -1.12. The van der Waals surface area contributed by atoms with Crippen molar-refractivity contribution in [2.75, 3.05) is 10.6 Å². The zero-order valence-corrected chi connectivity index (χ0v) is 16.3. The average molecular weight is 405 g/mol. The molecule has 0 saturated carbocycles. The first-order chi connectivity index (χ1) is 14.5. The number of amides is 2. The third kappa shape index (κ3) is 5.89. The van der Waals surface area contributed by atoms with Crippen LogP contribution in [0.15, 0.2) is 66.9 Å². The van der Waals surface area contributed by atoms with Gasteiger partial charge in [-0.1, -0.05) is 48.5 Å². The fourth-order valence-electron chi connectivity index (χ4n) is 3.09. The maximum absolute atomic E-state index is 12.1. The van der Waals surface area contributed by atoms with Gasteiger partial charge in [-0.3, -0.25) is 10.1 Å². The number of hydrogen-bond acceptors (Lipinski definition) is 4. The summed E-state index contributed by atoms with van der Waals surface area (Å²) < 4.78 is 0. The van der Waals surface area contributed by atoms with Crippen molar-refractivity contribution in [3.63, 3.8) is 0 Å². The summed E-state index contributed by atoms with van der Waals surface area (Å²) in [7, 11) is 0. The van der Waals surface area contributed by atoms with Gasteiger partial charge in [-0.15, -0.1) is 0 Å². The monoisotopic (exact) mass is 405 g/mol. The molecule has 0 fully saturated rings. The van der Waals surface area contributed by atoms with Gasteiger partial charge in [0, 0.05) is 18.2 Å². The Morgan fingerprint density at radius 2 is 1.70 bits per heavy atom. The van der Waals surface area contributed by atoms with E-state index in [0.29, 0.717) is 36.3 Å². The number of rotatable bonds is 8. The number of aryl methyl sites for hydroxylation is 1. The van der Waals surface area contributed by atoms with Crippen molar-refractivity contribution in [2.45, 2.75) is 25.9 Å². The SMILES string of the molecule is O=C(O)Nc1cc(CCCC(=O)Nc2ccc(CO)cn2)ccc1-c1ccccc1. The van der Waals surface area contributed by atoms with Crippen molar-refractivity contribution in [1.82, 2.24) is 4.98 Å². The maximum atomic E-state index is 12.1. The Balaban J connectivity index is 1.60. The topological polar surface area (TPSA) is 112 Å². The molecule has 3 aromatic rings. The fourth-order valence-corrected chi connectivity index (χ4v) is 3.09. The Hall–Kier alpha value is -3.71. The number of aromatic nitrogens is 1. The largest absolute Gasteiger partial charge is 0.465 e. The summed E-state index contributed by atoms with van der Waals surface area (Å²) in [5.74, 6) is 0.293. The highest BCUT2D eigenvalue weighted by Crippen LogP contribution is 2.29. The van der Waals surface area contributed by atoms with E-state index in [9.17, 15) is 9.59 Å². The Morgan fingerprint density at radius 1 is 0.933 bits per heavy atom. The lowest BCUT2D eigenvalue weighted by Crippen LogP contribution is -2.12. The zero-order valence-electron chi connectivity index (χ0n) is 16.3. The molecule has 7 nitrogen and oxygen atoms in total. The molecule has 0 aliphatic rings. The van der Waals surface area contributed by atoms with Crippen LogP contribution in [0.5, 0.6) is 0 Å². The summed E-state index contributed by atoms with van der Waals surface area (Å²) in [6.07, 6.45) is 1.95. The van der Waals surface area contributed by atoms with Crippen molar-refractivity contribution >= 4 is 23.5 Å². The molecule has 2 amide bonds. The molecule has 2 aromatic carbocycles. The lowest BCUT2D eigenvalue weighted by Gasteiger charge is -2.12. The van der Waals surface area contributed by atoms with Crippen LogP contribution >= 0.6 is 0 Å². The fraction of sp³-hybridized carbons (Fsp3) is 0.174. The molecule has 0 saturated heterocycles. The summed E-state index contributed by atoms with van der Waals surface area (Å²) in [5, 5.41) is 23.4.